The predicted octanol–water partition coefficient (Wildman–Crippen LogP) is 3.19. The van der Waals surface area contributed by atoms with E-state index in [0.717, 1.165) is 4.90 Å². The molecule has 33 heavy (non-hydrogen) atoms. The van der Waals surface area contributed by atoms with Crippen LogP contribution in [0.5, 0.6) is 0 Å². The summed E-state index contributed by atoms with van der Waals surface area (Å²) in [5.74, 6) is -0.789. The Balaban J connectivity index is 0.00000497. The minimum absolute atomic E-state index is 0.121. The summed E-state index contributed by atoms with van der Waals surface area (Å²) in [7, 11) is -1.13. The number of aromatic nitrogens is 1. The lowest BCUT2D eigenvalue weighted by Crippen LogP contribution is -2.39. The lowest BCUT2D eigenvalue weighted by Gasteiger charge is -2.26. The van der Waals surface area contributed by atoms with Crippen molar-refractivity contribution in [2.45, 2.75) is 60.6 Å². The highest BCUT2D eigenvalue weighted by molar-refractivity contribution is 7.39. The first-order valence-electron chi connectivity index (χ1n) is 10.5. The lowest BCUT2D eigenvalue weighted by molar-refractivity contribution is -0.156. The van der Waals surface area contributed by atoms with Crippen LogP contribution in [-0.2, 0) is 30.1 Å². The fourth-order valence-corrected chi connectivity index (χ4v) is 2.63. The van der Waals surface area contributed by atoms with Gasteiger partial charge in [0.05, 0.1) is 6.54 Å². The van der Waals surface area contributed by atoms with Crippen LogP contribution >= 0.6 is 8.60 Å². The number of nitrogens with zero attached hydrogens (tertiary/aromatic N) is 3. The van der Waals surface area contributed by atoms with Gasteiger partial charge in [-0.3, -0.25) is 23.9 Å². The Labute approximate surface area is 196 Å². The molecule has 1 rings (SSSR count). The van der Waals surface area contributed by atoms with Crippen LogP contribution in [0.15, 0.2) is 18.3 Å². The van der Waals surface area contributed by atoms with E-state index < -0.39 is 39.6 Å². The average Bonchev–Trinajstić information content (AvgIpc) is 2.72. The fraction of sp³-hybridized carbons (Fsp3) is 0.619. The van der Waals surface area contributed by atoms with Crippen molar-refractivity contribution in [2.24, 2.45) is 5.92 Å². The van der Waals surface area contributed by atoms with Crippen molar-refractivity contribution < 1.29 is 38.2 Å². The van der Waals surface area contributed by atoms with Gasteiger partial charge in [-0.15, -0.1) is 0 Å². The molecule has 1 aromatic rings. The summed E-state index contributed by atoms with van der Waals surface area (Å²) < 4.78 is 14.6. The summed E-state index contributed by atoms with van der Waals surface area (Å²) in [6.45, 7) is 11.3. The number of hydrogen-bond acceptors (Lipinski definition) is 9. The van der Waals surface area contributed by atoms with E-state index in [0.29, 0.717) is 11.4 Å². The van der Waals surface area contributed by atoms with Gasteiger partial charge in [0, 0.05) is 24.7 Å². The van der Waals surface area contributed by atoms with Gasteiger partial charge in [0.1, 0.15) is 18.0 Å². The number of rotatable bonds is 9. The highest BCUT2D eigenvalue weighted by Crippen LogP contribution is 2.24. The molecule has 0 spiro atoms. The van der Waals surface area contributed by atoms with Crippen LogP contribution < -0.4 is 4.90 Å². The minimum atomic E-state index is -2.70. The zero-order chi connectivity index (χ0) is 25.8. The molecule has 0 atom stereocenters. The number of pyridine rings is 1. The van der Waals surface area contributed by atoms with Crippen molar-refractivity contribution in [3.05, 3.63) is 23.9 Å². The van der Waals surface area contributed by atoms with Crippen molar-refractivity contribution in [1.29, 1.82) is 0 Å². The predicted molar refractivity (Wildman–Crippen MR) is 124 cm³/mol. The van der Waals surface area contributed by atoms with Gasteiger partial charge in [-0.1, -0.05) is 33.8 Å². The molecule has 0 saturated heterocycles. The summed E-state index contributed by atoms with van der Waals surface area (Å²) in [6.07, 6.45) is 0.563. The minimum Gasteiger partial charge on any atom is -0.459 e. The summed E-state index contributed by atoms with van der Waals surface area (Å²) in [4.78, 5) is 61.4. The molecule has 12 heteroatoms. The lowest BCUT2D eigenvalue weighted by atomic mass is 10.1. The van der Waals surface area contributed by atoms with Crippen LogP contribution in [0.4, 0.5) is 10.6 Å². The summed E-state index contributed by atoms with van der Waals surface area (Å²) in [6, 6.07) is 3.30. The second-order valence-corrected chi connectivity index (χ2v) is 8.65. The third-order valence-electron chi connectivity index (χ3n) is 3.72. The molecule has 0 fully saturated rings. The maximum absolute atomic E-state index is 12.5. The Morgan fingerprint density at radius 1 is 1.18 bits per heavy atom. The van der Waals surface area contributed by atoms with Gasteiger partial charge in [-0.2, -0.15) is 0 Å². The number of ether oxygens (including phenoxy) is 2. The third-order valence-corrected chi connectivity index (χ3v) is 4.06. The van der Waals surface area contributed by atoms with E-state index in [1.54, 1.807) is 53.8 Å². The molecule has 0 radical (unpaired) electrons. The molecule has 2 amide bonds. The number of amides is 2. The first-order valence-corrected chi connectivity index (χ1v) is 11.6. The first-order chi connectivity index (χ1) is 15.3. The monoisotopic (exact) mass is 489 g/mol. The maximum Gasteiger partial charge on any atom is 0.412 e. The quantitative estimate of drug-likeness (QED) is 0.304. The Morgan fingerprint density at radius 2 is 1.79 bits per heavy atom. The van der Waals surface area contributed by atoms with Crippen LogP contribution in [0.2, 0.25) is 0 Å². The van der Waals surface area contributed by atoms with Gasteiger partial charge in [0.2, 0.25) is 12.7 Å². The highest BCUT2D eigenvalue weighted by atomic mass is 31.2. The van der Waals surface area contributed by atoms with Crippen molar-refractivity contribution in [3.8, 4) is 0 Å². The molecule has 1 heterocycles. The van der Waals surface area contributed by atoms with E-state index in [9.17, 15) is 14.4 Å². The Bertz CT molecular complexity index is 768. The largest absolute Gasteiger partial charge is 0.459 e. The molecular weight excluding hydrogens is 453 g/mol. The standard InChI is InChI=1S/C19H30N3O8P.C2H6/c1-13(2)17(24)21(6)16-14(8-7-9-20-16)10-22(11-15(23)30-19(3,4)5)18(25)28-12-29-31(26)27;1-2/h7-9,13,26-27H,10-12H2,1-6H3;1-2H3. The van der Waals surface area contributed by atoms with Crippen molar-refractivity contribution in [1.82, 2.24) is 9.88 Å². The van der Waals surface area contributed by atoms with E-state index in [2.05, 4.69) is 9.51 Å². The summed E-state index contributed by atoms with van der Waals surface area (Å²) >= 11 is 0. The Hall–Kier alpha value is -2.33. The topological polar surface area (TPSA) is 139 Å². The van der Waals surface area contributed by atoms with Crippen molar-refractivity contribution in [3.63, 3.8) is 0 Å². The summed E-state index contributed by atoms with van der Waals surface area (Å²) in [5.41, 5.74) is -0.269. The molecule has 0 aliphatic carbocycles. The molecule has 0 unspecified atom stereocenters. The highest BCUT2D eigenvalue weighted by Gasteiger charge is 2.26. The van der Waals surface area contributed by atoms with E-state index in [1.807, 2.05) is 13.8 Å². The van der Waals surface area contributed by atoms with Crippen LogP contribution in [0, 0.1) is 5.92 Å². The van der Waals surface area contributed by atoms with Gasteiger partial charge in [-0.25, -0.2) is 9.78 Å². The maximum atomic E-state index is 12.5. The normalized spacial score (nSPS) is 10.9. The SMILES string of the molecule is CC.CC(C)C(=O)N(C)c1ncccc1CN(CC(=O)OC(C)(C)C)C(=O)OCOP(O)O. The first kappa shape index (κ1) is 30.7. The molecule has 0 aromatic carbocycles. The zero-order valence-corrected chi connectivity index (χ0v) is 21.5. The second-order valence-electron chi connectivity index (χ2n) is 7.89. The molecule has 2 N–H and O–H groups in total. The smallest absolute Gasteiger partial charge is 0.412 e. The number of esters is 1. The van der Waals surface area contributed by atoms with E-state index in [4.69, 9.17) is 19.3 Å². The van der Waals surface area contributed by atoms with E-state index in [1.165, 1.54) is 11.1 Å². The number of carbonyl (C=O) groups is 3. The van der Waals surface area contributed by atoms with Crippen LogP contribution in [0.25, 0.3) is 0 Å². The molecule has 188 valence electrons. The van der Waals surface area contributed by atoms with Crippen LogP contribution in [0.3, 0.4) is 0 Å². The second kappa shape index (κ2) is 14.7. The average molecular weight is 490 g/mol. The summed E-state index contributed by atoms with van der Waals surface area (Å²) in [5, 5.41) is 0. The molecule has 11 nitrogen and oxygen atoms in total. The molecule has 1 aromatic heterocycles. The van der Waals surface area contributed by atoms with Gasteiger partial charge < -0.3 is 19.3 Å². The van der Waals surface area contributed by atoms with E-state index >= 15 is 0 Å². The van der Waals surface area contributed by atoms with Crippen molar-refractivity contribution >= 4 is 32.4 Å². The Kier molecular flexibility index (Phi) is 13.7. The van der Waals surface area contributed by atoms with Crippen LogP contribution in [-0.4, -0.2) is 63.6 Å². The third kappa shape index (κ3) is 11.9. The van der Waals surface area contributed by atoms with E-state index in [-0.39, 0.29) is 18.4 Å². The number of carbonyl (C=O) groups excluding carboxylic acids is 3. The van der Waals surface area contributed by atoms with Gasteiger partial charge in [0.15, 0.2) is 0 Å². The molecule has 0 aliphatic heterocycles. The number of hydrogen-bond donors (Lipinski definition) is 2. The molecule has 0 aliphatic rings. The Morgan fingerprint density at radius 3 is 2.30 bits per heavy atom. The molecule has 0 saturated carbocycles. The van der Waals surface area contributed by atoms with Gasteiger partial charge in [-0.05, 0) is 26.8 Å². The molecule has 0 bridgehead atoms. The van der Waals surface area contributed by atoms with Gasteiger partial charge >= 0.3 is 20.7 Å². The van der Waals surface area contributed by atoms with Gasteiger partial charge in [0.25, 0.3) is 0 Å². The van der Waals surface area contributed by atoms with Crippen LogP contribution in [0.1, 0.15) is 54.0 Å². The zero-order valence-electron chi connectivity index (χ0n) is 20.6. The number of anilines is 1. The molecular formula is C21H36N3O8P. The van der Waals surface area contributed by atoms with Crippen molar-refractivity contribution in [2.75, 3.05) is 25.3 Å². The fourth-order valence-electron chi connectivity index (χ4n) is 2.48.